The molecule has 0 aliphatic carbocycles. The molecule has 0 radical (unpaired) electrons. The standard InChI is InChI=1S/C56H44N2O8/c1-59-47-27-35(28-48(60-2)55(47)63-5)57(33-17-9-7-10-18-33)43-31-45-51(39-23-15-13-21-37(39)43)41-25-26-42-52-40-24-16-14-22-38(40)44(32-46(52)66-54(42)53(41)65-45)58(34-19-11-8-12-20-34)36-29-49(61-3)56(64-6)50(30-36)62-4/h7-32H,1-6H3. The molecule has 2 aromatic heterocycles. The summed E-state index contributed by atoms with van der Waals surface area (Å²) in [4.78, 5) is 4.38. The van der Waals surface area contributed by atoms with Crippen LogP contribution < -0.4 is 38.2 Å². The molecule has 0 atom stereocenters. The summed E-state index contributed by atoms with van der Waals surface area (Å²) in [6, 6.07) is 53.7. The maximum atomic E-state index is 7.05. The first kappa shape index (κ1) is 40.3. The predicted octanol–water partition coefficient (Wildman–Crippen LogP) is 14.8. The number of rotatable bonds is 12. The first-order chi connectivity index (χ1) is 32.5. The molecular formula is C56H44N2O8. The third-order valence-electron chi connectivity index (χ3n) is 12.4. The first-order valence-corrected chi connectivity index (χ1v) is 21.4. The average Bonchev–Trinajstić information content (AvgIpc) is 3.95. The molecule has 0 saturated carbocycles. The fourth-order valence-corrected chi connectivity index (χ4v) is 9.53. The van der Waals surface area contributed by atoms with Gasteiger partial charge in [-0.15, -0.1) is 0 Å². The Morgan fingerprint density at radius 1 is 0.318 bits per heavy atom. The molecule has 0 amide bonds. The lowest BCUT2D eigenvalue weighted by Gasteiger charge is -2.28. The van der Waals surface area contributed by atoms with E-state index in [9.17, 15) is 0 Å². The topological polar surface area (TPSA) is 88.1 Å². The van der Waals surface area contributed by atoms with E-state index >= 15 is 0 Å². The Bertz CT molecular complexity index is 3350. The Hall–Kier alpha value is -8.50. The quantitative estimate of drug-likeness (QED) is 0.118. The van der Waals surface area contributed by atoms with E-state index in [0.29, 0.717) is 56.8 Å². The van der Waals surface area contributed by atoms with Crippen molar-refractivity contribution in [3.63, 3.8) is 0 Å². The van der Waals surface area contributed by atoms with Crippen molar-refractivity contribution in [1.29, 1.82) is 0 Å². The van der Waals surface area contributed by atoms with Gasteiger partial charge in [0.2, 0.25) is 11.5 Å². The number of fused-ring (bicyclic) bond motifs is 11. The van der Waals surface area contributed by atoms with Crippen molar-refractivity contribution in [2.45, 2.75) is 0 Å². The summed E-state index contributed by atoms with van der Waals surface area (Å²) in [7, 11) is 9.72. The van der Waals surface area contributed by atoms with Crippen LogP contribution in [0.1, 0.15) is 0 Å². The normalized spacial score (nSPS) is 11.5. The second kappa shape index (κ2) is 16.2. The second-order valence-electron chi connectivity index (χ2n) is 15.8. The van der Waals surface area contributed by atoms with Crippen molar-refractivity contribution in [3.8, 4) is 34.5 Å². The van der Waals surface area contributed by atoms with Crippen LogP contribution in [0.3, 0.4) is 0 Å². The van der Waals surface area contributed by atoms with Gasteiger partial charge in [0.15, 0.2) is 34.2 Å². The van der Waals surface area contributed by atoms with Crippen LogP contribution in [0.5, 0.6) is 34.5 Å². The lowest BCUT2D eigenvalue weighted by Crippen LogP contribution is -2.11. The van der Waals surface area contributed by atoms with E-state index in [2.05, 4.69) is 107 Å². The maximum Gasteiger partial charge on any atom is 0.203 e. The Morgan fingerprint density at radius 2 is 0.652 bits per heavy atom. The van der Waals surface area contributed by atoms with E-state index in [1.54, 1.807) is 42.7 Å². The molecule has 9 aromatic carbocycles. The van der Waals surface area contributed by atoms with Crippen LogP contribution in [0.15, 0.2) is 167 Å². The van der Waals surface area contributed by atoms with Crippen LogP contribution in [0, 0.1) is 0 Å². The summed E-state index contributed by atoms with van der Waals surface area (Å²) in [6.07, 6.45) is 0. The highest BCUT2D eigenvalue weighted by molar-refractivity contribution is 6.29. The molecule has 10 nitrogen and oxygen atoms in total. The molecule has 11 aromatic rings. The van der Waals surface area contributed by atoms with Crippen LogP contribution in [-0.2, 0) is 0 Å². The van der Waals surface area contributed by atoms with Crippen molar-refractivity contribution in [2.24, 2.45) is 0 Å². The lowest BCUT2D eigenvalue weighted by atomic mass is 9.98. The van der Waals surface area contributed by atoms with Crippen molar-refractivity contribution in [3.05, 3.63) is 158 Å². The Morgan fingerprint density at radius 3 is 0.985 bits per heavy atom. The van der Waals surface area contributed by atoms with Gasteiger partial charge in [-0.2, -0.15) is 0 Å². The highest BCUT2D eigenvalue weighted by Crippen LogP contribution is 2.52. The fourth-order valence-electron chi connectivity index (χ4n) is 9.53. The summed E-state index contributed by atoms with van der Waals surface area (Å²) in [6.45, 7) is 0. The van der Waals surface area contributed by atoms with E-state index in [1.165, 1.54) is 0 Å². The predicted molar refractivity (Wildman–Crippen MR) is 265 cm³/mol. The second-order valence-corrected chi connectivity index (χ2v) is 15.8. The van der Waals surface area contributed by atoms with E-state index in [1.807, 2.05) is 60.7 Å². The number of ether oxygens (including phenoxy) is 6. The monoisotopic (exact) mass is 872 g/mol. The minimum atomic E-state index is 0.512. The number of methoxy groups -OCH3 is 6. The minimum absolute atomic E-state index is 0.512. The number of hydrogen-bond donors (Lipinski definition) is 0. The van der Waals surface area contributed by atoms with Gasteiger partial charge in [0.25, 0.3) is 0 Å². The summed E-state index contributed by atoms with van der Waals surface area (Å²) in [5.41, 5.74) is 8.06. The van der Waals surface area contributed by atoms with Gasteiger partial charge in [-0.3, -0.25) is 0 Å². The van der Waals surface area contributed by atoms with Crippen LogP contribution in [0.4, 0.5) is 34.1 Å². The van der Waals surface area contributed by atoms with E-state index in [4.69, 9.17) is 37.3 Å². The van der Waals surface area contributed by atoms with Crippen molar-refractivity contribution in [2.75, 3.05) is 52.5 Å². The third kappa shape index (κ3) is 6.24. The summed E-state index contributed by atoms with van der Waals surface area (Å²) >= 11 is 0. The van der Waals surface area contributed by atoms with Crippen molar-refractivity contribution < 1.29 is 37.3 Å². The van der Waals surface area contributed by atoms with Crippen LogP contribution in [-0.4, -0.2) is 42.7 Å². The van der Waals surface area contributed by atoms with Gasteiger partial charge >= 0.3 is 0 Å². The first-order valence-electron chi connectivity index (χ1n) is 21.4. The molecule has 0 fully saturated rings. The molecule has 0 aliphatic rings. The van der Waals surface area contributed by atoms with Gasteiger partial charge < -0.3 is 47.1 Å². The van der Waals surface area contributed by atoms with E-state index < -0.39 is 0 Å². The third-order valence-corrected chi connectivity index (χ3v) is 12.4. The zero-order valence-electron chi connectivity index (χ0n) is 37.2. The van der Waals surface area contributed by atoms with Gasteiger partial charge in [0, 0.05) is 80.1 Å². The molecule has 10 heteroatoms. The van der Waals surface area contributed by atoms with Crippen molar-refractivity contribution in [1.82, 2.24) is 0 Å². The number of nitrogens with zero attached hydrogens (tertiary/aromatic N) is 2. The zero-order chi connectivity index (χ0) is 45.1. The van der Waals surface area contributed by atoms with E-state index in [-0.39, 0.29) is 0 Å². The smallest absolute Gasteiger partial charge is 0.203 e. The molecule has 0 N–H and O–H groups in total. The maximum absolute atomic E-state index is 7.05. The number of anilines is 6. The van der Waals surface area contributed by atoms with Crippen LogP contribution in [0.2, 0.25) is 0 Å². The number of benzene rings is 9. The minimum Gasteiger partial charge on any atom is -0.493 e. The number of hydrogen-bond acceptors (Lipinski definition) is 10. The number of para-hydroxylation sites is 2. The Labute approximate surface area is 380 Å². The SMILES string of the molecule is COc1cc(N(c2ccccc2)c2cc3oc4c(ccc5c4oc4cc(N(c6ccccc6)c6cc(OC)c(OC)c(OC)c6)c6ccccc6c45)c3c3ccccc23)cc(OC)c1OC. The fraction of sp³-hybridized carbons (Fsp3) is 0.107. The largest absolute Gasteiger partial charge is 0.493 e. The highest BCUT2D eigenvalue weighted by atomic mass is 16.5. The highest BCUT2D eigenvalue weighted by Gasteiger charge is 2.27. The molecule has 0 aliphatic heterocycles. The molecule has 66 heavy (non-hydrogen) atoms. The van der Waals surface area contributed by atoms with Gasteiger partial charge in [-0.1, -0.05) is 84.9 Å². The molecule has 0 unspecified atom stereocenters. The lowest BCUT2D eigenvalue weighted by molar-refractivity contribution is 0.324. The molecular weight excluding hydrogens is 829 g/mol. The summed E-state index contributed by atoms with van der Waals surface area (Å²) in [5, 5.41) is 8.00. The summed E-state index contributed by atoms with van der Waals surface area (Å²) in [5.74, 6) is 3.19. The van der Waals surface area contributed by atoms with Gasteiger partial charge in [0.1, 0.15) is 11.2 Å². The van der Waals surface area contributed by atoms with Crippen LogP contribution >= 0.6 is 0 Å². The van der Waals surface area contributed by atoms with Gasteiger partial charge in [-0.25, -0.2) is 0 Å². The van der Waals surface area contributed by atoms with Gasteiger partial charge in [0.05, 0.1) is 65.4 Å². The molecule has 2 heterocycles. The van der Waals surface area contributed by atoms with Crippen molar-refractivity contribution >= 4 is 99.5 Å². The Balaban J connectivity index is 1.17. The molecule has 0 spiro atoms. The molecule has 0 saturated heterocycles. The summed E-state index contributed by atoms with van der Waals surface area (Å²) < 4.78 is 48.9. The molecule has 11 rings (SSSR count). The van der Waals surface area contributed by atoms with Gasteiger partial charge in [-0.05, 0) is 47.2 Å². The Kier molecular flexibility index (Phi) is 9.92. The molecule has 0 bridgehead atoms. The number of furan rings is 2. The molecule has 326 valence electrons. The van der Waals surface area contributed by atoms with E-state index in [0.717, 1.165) is 77.2 Å². The zero-order valence-corrected chi connectivity index (χ0v) is 37.2. The average molecular weight is 873 g/mol. The van der Waals surface area contributed by atoms with Crippen LogP contribution in [0.25, 0.3) is 65.4 Å².